The first-order chi connectivity index (χ1) is 11.6. The Morgan fingerprint density at radius 2 is 2.00 bits per heavy atom. The number of carbonyl (C=O) groups is 1. The molecule has 134 valence electrons. The predicted octanol–water partition coefficient (Wildman–Crippen LogP) is 2.22. The quantitative estimate of drug-likeness (QED) is 0.792. The van der Waals surface area contributed by atoms with Crippen molar-refractivity contribution in [2.45, 2.75) is 26.7 Å². The maximum Gasteiger partial charge on any atom is 0.254 e. The Bertz CT molecular complexity index is 511. The molecule has 1 aromatic carbocycles. The second-order valence-electron chi connectivity index (χ2n) is 6.83. The van der Waals surface area contributed by atoms with Crippen molar-refractivity contribution in [3.8, 4) is 5.75 Å². The van der Waals surface area contributed by atoms with E-state index in [0.717, 1.165) is 57.9 Å². The van der Waals surface area contributed by atoms with Crippen LogP contribution in [-0.4, -0.2) is 61.6 Å². The van der Waals surface area contributed by atoms with E-state index in [1.54, 1.807) is 0 Å². The van der Waals surface area contributed by atoms with Crippen molar-refractivity contribution in [3.63, 3.8) is 0 Å². The second-order valence-corrected chi connectivity index (χ2v) is 6.83. The molecule has 1 aromatic rings. The molecule has 0 radical (unpaired) electrons. The molecule has 5 nitrogen and oxygen atoms in total. The summed E-state index contributed by atoms with van der Waals surface area (Å²) in [5.41, 5.74) is 6.27. The summed E-state index contributed by atoms with van der Waals surface area (Å²) in [4.78, 5) is 17.0. The van der Waals surface area contributed by atoms with Crippen LogP contribution in [0.1, 0.15) is 37.0 Å². The first-order valence-electron chi connectivity index (χ1n) is 9.04. The van der Waals surface area contributed by atoms with Crippen molar-refractivity contribution in [3.05, 3.63) is 29.8 Å². The SMILES string of the molecule is CC(C)CCOc1cccc(C(=O)N2CCN(CCCN)CC2)c1. The summed E-state index contributed by atoms with van der Waals surface area (Å²) in [6, 6.07) is 7.55. The Hall–Kier alpha value is -1.59. The van der Waals surface area contributed by atoms with Crippen molar-refractivity contribution in [2.75, 3.05) is 45.9 Å². The Kier molecular flexibility index (Phi) is 7.53. The third-order valence-electron chi connectivity index (χ3n) is 4.38. The van der Waals surface area contributed by atoms with Gasteiger partial charge in [0.2, 0.25) is 0 Å². The van der Waals surface area contributed by atoms with E-state index in [1.165, 1.54) is 0 Å². The lowest BCUT2D eigenvalue weighted by molar-refractivity contribution is 0.0636. The molecule has 0 unspecified atom stereocenters. The minimum atomic E-state index is 0.0998. The lowest BCUT2D eigenvalue weighted by Gasteiger charge is -2.34. The van der Waals surface area contributed by atoms with Crippen LogP contribution in [0.15, 0.2) is 24.3 Å². The molecule has 1 saturated heterocycles. The van der Waals surface area contributed by atoms with Crippen LogP contribution in [0.2, 0.25) is 0 Å². The standard InChI is InChI=1S/C19H31N3O2/c1-16(2)7-14-24-18-6-3-5-17(15-18)19(23)22-12-10-21(11-13-22)9-4-8-20/h3,5-6,15-16H,4,7-14,20H2,1-2H3. The maximum absolute atomic E-state index is 12.7. The van der Waals surface area contributed by atoms with E-state index in [4.69, 9.17) is 10.5 Å². The molecule has 0 saturated carbocycles. The van der Waals surface area contributed by atoms with Gasteiger partial charge in [-0.3, -0.25) is 9.69 Å². The Balaban J connectivity index is 1.86. The van der Waals surface area contributed by atoms with Crippen molar-refractivity contribution in [1.82, 2.24) is 9.80 Å². The molecular formula is C19H31N3O2. The molecule has 1 heterocycles. The number of hydrogen-bond acceptors (Lipinski definition) is 4. The van der Waals surface area contributed by atoms with Gasteiger partial charge in [0, 0.05) is 31.7 Å². The third kappa shape index (κ3) is 5.80. The van der Waals surface area contributed by atoms with E-state index in [-0.39, 0.29) is 5.91 Å². The Morgan fingerprint density at radius 1 is 1.25 bits per heavy atom. The zero-order chi connectivity index (χ0) is 17.4. The van der Waals surface area contributed by atoms with Crippen LogP contribution in [0, 0.1) is 5.92 Å². The largest absolute Gasteiger partial charge is 0.494 e. The molecule has 0 atom stereocenters. The number of carbonyl (C=O) groups excluding carboxylic acids is 1. The molecule has 2 rings (SSSR count). The van der Waals surface area contributed by atoms with Gasteiger partial charge in [0.15, 0.2) is 0 Å². The van der Waals surface area contributed by atoms with Gasteiger partial charge in [-0.1, -0.05) is 19.9 Å². The fourth-order valence-corrected chi connectivity index (χ4v) is 2.80. The van der Waals surface area contributed by atoms with Gasteiger partial charge in [-0.05, 0) is 50.0 Å². The molecule has 0 spiro atoms. The highest BCUT2D eigenvalue weighted by atomic mass is 16.5. The molecular weight excluding hydrogens is 302 g/mol. The van der Waals surface area contributed by atoms with Gasteiger partial charge in [-0.15, -0.1) is 0 Å². The molecule has 1 amide bonds. The number of ether oxygens (including phenoxy) is 1. The molecule has 1 aliphatic heterocycles. The Morgan fingerprint density at radius 3 is 2.67 bits per heavy atom. The topological polar surface area (TPSA) is 58.8 Å². The zero-order valence-corrected chi connectivity index (χ0v) is 15.0. The number of nitrogens with zero attached hydrogens (tertiary/aromatic N) is 2. The summed E-state index contributed by atoms with van der Waals surface area (Å²) in [5.74, 6) is 1.50. The van der Waals surface area contributed by atoms with Gasteiger partial charge in [-0.2, -0.15) is 0 Å². The zero-order valence-electron chi connectivity index (χ0n) is 15.0. The fraction of sp³-hybridized carbons (Fsp3) is 0.632. The van der Waals surface area contributed by atoms with E-state index < -0.39 is 0 Å². The number of benzene rings is 1. The first kappa shape index (κ1) is 18.7. The lowest BCUT2D eigenvalue weighted by Crippen LogP contribution is -2.49. The summed E-state index contributed by atoms with van der Waals surface area (Å²) >= 11 is 0. The number of rotatable bonds is 8. The minimum absolute atomic E-state index is 0.0998. The monoisotopic (exact) mass is 333 g/mol. The average molecular weight is 333 g/mol. The van der Waals surface area contributed by atoms with Crippen molar-refractivity contribution in [2.24, 2.45) is 11.7 Å². The summed E-state index contributed by atoms with van der Waals surface area (Å²) in [5, 5.41) is 0. The van der Waals surface area contributed by atoms with Crippen molar-refractivity contribution in [1.29, 1.82) is 0 Å². The summed E-state index contributed by atoms with van der Waals surface area (Å²) < 4.78 is 5.77. The van der Waals surface area contributed by atoms with Crippen LogP contribution in [-0.2, 0) is 0 Å². The van der Waals surface area contributed by atoms with E-state index in [2.05, 4.69) is 18.7 Å². The van der Waals surface area contributed by atoms with Crippen LogP contribution in [0.25, 0.3) is 0 Å². The van der Waals surface area contributed by atoms with E-state index in [0.29, 0.717) is 18.1 Å². The minimum Gasteiger partial charge on any atom is -0.494 e. The van der Waals surface area contributed by atoms with Crippen LogP contribution in [0.4, 0.5) is 0 Å². The molecule has 0 bridgehead atoms. The fourth-order valence-electron chi connectivity index (χ4n) is 2.80. The van der Waals surface area contributed by atoms with Gasteiger partial charge in [0.05, 0.1) is 6.61 Å². The van der Waals surface area contributed by atoms with Crippen LogP contribution >= 0.6 is 0 Å². The van der Waals surface area contributed by atoms with Gasteiger partial charge in [0.1, 0.15) is 5.75 Å². The van der Waals surface area contributed by atoms with Crippen LogP contribution < -0.4 is 10.5 Å². The van der Waals surface area contributed by atoms with Crippen molar-refractivity contribution < 1.29 is 9.53 Å². The van der Waals surface area contributed by atoms with Gasteiger partial charge >= 0.3 is 0 Å². The number of nitrogens with two attached hydrogens (primary N) is 1. The smallest absolute Gasteiger partial charge is 0.254 e. The molecule has 0 aromatic heterocycles. The average Bonchev–Trinajstić information content (AvgIpc) is 2.60. The molecule has 1 aliphatic rings. The number of piperazine rings is 1. The summed E-state index contributed by atoms with van der Waals surface area (Å²) in [6.45, 7) is 10.2. The predicted molar refractivity (Wildman–Crippen MR) is 97.4 cm³/mol. The number of hydrogen-bond donors (Lipinski definition) is 1. The van der Waals surface area contributed by atoms with E-state index >= 15 is 0 Å². The highest BCUT2D eigenvalue weighted by Gasteiger charge is 2.22. The lowest BCUT2D eigenvalue weighted by atomic mass is 10.1. The second kappa shape index (κ2) is 9.64. The normalized spacial score (nSPS) is 15.8. The molecule has 1 fully saturated rings. The van der Waals surface area contributed by atoms with Crippen LogP contribution in [0.3, 0.4) is 0 Å². The van der Waals surface area contributed by atoms with Gasteiger partial charge < -0.3 is 15.4 Å². The Labute approximate surface area is 145 Å². The van der Waals surface area contributed by atoms with Crippen molar-refractivity contribution >= 4 is 5.91 Å². The van der Waals surface area contributed by atoms with E-state index in [9.17, 15) is 4.79 Å². The van der Waals surface area contributed by atoms with E-state index in [1.807, 2.05) is 29.2 Å². The highest BCUT2D eigenvalue weighted by Crippen LogP contribution is 2.17. The van der Waals surface area contributed by atoms with Crippen LogP contribution in [0.5, 0.6) is 5.75 Å². The third-order valence-corrected chi connectivity index (χ3v) is 4.38. The molecule has 5 heteroatoms. The molecule has 24 heavy (non-hydrogen) atoms. The molecule has 2 N–H and O–H groups in total. The van der Waals surface area contributed by atoms with Gasteiger partial charge in [0.25, 0.3) is 5.91 Å². The summed E-state index contributed by atoms with van der Waals surface area (Å²) in [7, 11) is 0. The van der Waals surface area contributed by atoms with Gasteiger partial charge in [-0.25, -0.2) is 0 Å². The molecule has 0 aliphatic carbocycles. The first-order valence-corrected chi connectivity index (χ1v) is 9.04. The highest BCUT2D eigenvalue weighted by molar-refractivity contribution is 5.94. The maximum atomic E-state index is 12.7. The number of amides is 1. The summed E-state index contributed by atoms with van der Waals surface area (Å²) in [6.07, 6.45) is 2.03.